The van der Waals surface area contributed by atoms with E-state index in [1.807, 2.05) is 32.9 Å². The number of carbonyl (C=O) groups excluding carboxylic acids is 2. The van der Waals surface area contributed by atoms with Gasteiger partial charge in [-0.05, 0) is 49.6 Å². The summed E-state index contributed by atoms with van der Waals surface area (Å²) in [4.78, 5) is 24.1. The number of hydrogen-bond donors (Lipinski definition) is 2. The number of halogens is 1. The Bertz CT molecular complexity index is 811. The zero-order chi connectivity index (χ0) is 19.3. The lowest BCUT2D eigenvalue weighted by Crippen LogP contribution is -2.34. The van der Waals surface area contributed by atoms with E-state index in [1.165, 1.54) is 19.2 Å². The Morgan fingerprint density at radius 1 is 1.04 bits per heavy atom. The molecule has 0 spiro atoms. The minimum absolute atomic E-state index is 0.0171. The zero-order valence-electron chi connectivity index (χ0n) is 15.4. The second kappa shape index (κ2) is 8.47. The highest BCUT2D eigenvalue weighted by Gasteiger charge is 2.11. The number of ether oxygens (including phenoxy) is 1. The van der Waals surface area contributed by atoms with E-state index in [1.54, 1.807) is 6.07 Å². The molecule has 2 amide bonds. The number of anilines is 1. The van der Waals surface area contributed by atoms with E-state index in [4.69, 9.17) is 4.74 Å². The number of amides is 2. The fourth-order valence-electron chi connectivity index (χ4n) is 2.81. The molecule has 0 bridgehead atoms. The van der Waals surface area contributed by atoms with Gasteiger partial charge in [0.05, 0.1) is 20.1 Å². The topological polar surface area (TPSA) is 67.4 Å². The predicted octanol–water partition coefficient (Wildman–Crippen LogP) is 3.06. The van der Waals surface area contributed by atoms with Gasteiger partial charge in [-0.2, -0.15) is 0 Å². The van der Waals surface area contributed by atoms with Crippen LogP contribution >= 0.6 is 0 Å². The zero-order valence-corrected chi connectivity index (χ0v) is 15.4. The predicted molar refractivity (Wildman–Crippen MR) is 98.9 cm³/mol. The quantitative estimate of drug-likeness (QED) is 0.834. The van der Waals surface area contributed by atoms with Crippen LogP contribution < -0.4 is 15.4 Å². The Labute approximate surface area is 152 Å². The van der Waals surface area contributed by atoms with Gasteiger partial charge in [-0.1, -0.05) is 23.8 Å². The summed E-state index contributed by atoms with van der Waals surface area (Å²) in [5, 5.41) is 5.36. The standard InChI is InChI=1S/C20H23FN2O3/c1-12-7-13(2)20(14(3)8-12)23-19(25)11-22-18(24)10-15-5-6-17(26-4)16(21)9-15/h5-9H,10-11H2,1-4H3,(H,22,24)(H,23,25). The Hall–Kier alpha value is -2.89. The van der Waals surface area contributed by atoms with Crippen LogP contribution in [0, 0.1) is 26.6 Å². The summed E-state index contributed by atoms with van der Waals surface area (Å²) in [6, 6.07) is 8.30. The molecule has 0 saturated heterocycles. The molecule has 2 N–H and O–H groups in total. The Morgan fingerprint density at radius 2 is 1.69 bits per heavy atom. The molecule has 0 fully saturated rings. The number of benzene rings is 2. The molecule has 2 aromatic carbocycles. The van der Waals surface area contributed by atoms with Gasteiger partial charge in [0.25, 0.3) is 0 Å². The van der Waals surface area contributed by atoms with Crippen LogP contribution in [0.15, 0.2) is 30.3 Å². The van der Waals surface area contributed by atoms with Crippen LogP contribution in [0.25, 0.3) is 0 Å². The van der Waals surface area contributed by atoms with Crippen molar-refractivity contribution in [3.63, 3.8) is 0 Å². The van der Waals surface area contributed by atoms with Crippen LogP contribution in [0.4, 0.5) is 10.1 Å². The molecule has 0 aliphatic carbocycles. The van der Waals surface area contributed by atoms with Gasteiger partial charge in [-0.3, -0.25) is 9.59 Å². The molecule has 138 valence electrons. The maximum Gasteiger partial charge on any atom is 0.243 e. The average Bonchev–Trinajstić information content (AvgIpc) is 2.56. The normalized spacial score (nSPS) is 10.3. The molecular formula is C20H23FN2O3. The van der Waals surface area contributed by atoms with Crippen LogP contribution in [0.2, 0.25) is 0 Å². The molecule has 0 saturated carbocycles. The maximum atomic E-state index is 13.6. The number of nitrogens with one attached hydrogen (secondary N) is 2. The molecule has 0 atom stereocenters. The van der Waals surface area contributed by atoms with E-state index in [9.17, 15) is 14.0 Å². The van der Waals surface area contributed by atoms with Gasteiger partial charge in [0, 0.05) is 5.69 Å². The van der Waals surface area contributed by atoms with Crippen molar-refractivity contribution in [2.45, 2.75) is 27.2 Å². The van der Waals surface area contributed by atoms with Crippen LogP contribution in [0.1, 0.15) is 22.3 Å². The lowest BCUT2D eigenvalue weighted by molar-refractivity contribution is -0.123. The third kappa shape index (κ3) is 5.05. The van der Waals surface area contributed by atoms with Gasteiger partial charge in [0.15, 0.2) is 11.6 Å². The highest BCUT2D eigenvalue weighted by molar-refractivity contribution is 5.96. The lowest BCUT2D eigenvalue weighted by Gasteiger charge is -2.13. The third-order valence-electron chi connectivity index (χ3n) is 3.97. The Kier molecular flexibility index (Phi) is 6.33. The molecule has 26 heavy (non-hydrogen) atoms. The third-order valence-corrected chi connectivity index (χ3v) is 3.97. The fourth-order valence-corrected chi connectivity index (χ4v) is 2.81. The van der Waals surface area contributed by atoms with Crippen molar-refractivity contribution < 1.29 is 18.7 Å². The first-order chi connectivity index (χ1) is 12.3. The largest absolute Gasteiger partial charge is 0.494 e. The summed E-state index contributed by atoms with van der Waals surface area (Å²) in [6.07, 6.45) is -0.0171. The number of carbonyl (C=O) groups is 2. The average molecular weight is 358 g/mol. The van der Waals surface area contributed by atoms with Crippen molar-refractivity contribution in [2.24, 2.45) is 0 Å². The summed E-state index contributed by atoms with van der Waals surface area (Å²) in [5.41, 5.74) is 4.32. The molecule has 2 rings (SSSR count). The van der Waals surface area contributed by atoms with E-state index < -0.39 is 5.82 Å². The van der Waals surface area contributed by atoms with Crippen LogP contribution in [0.3, 0.4) is 0 Å². The second-order valence-corrected chi connectivity index (χ2v) is 6.24. The van der Waals surface area contributed by atoms with E-state index in [2.05, 4.69) is 10.6 Å². The summed E-state index contributed by atoms with van der Waals surface area (Å²) in [5.74, 6) is -1.07. The highest BCUT2D eigenvalue weighted by Crippen LogP contribution is 2.21. The summed E-state index contributed by atoms with van der Waals surface area (Å²) >= 11 is 0. The van der Waals surface area contributed by atoms with E-state index in [0.717, 1.165) is 22.4 Å². The van der Waals surface area contributed by atoms with Crippen molar-refractivity contribution in [1.29, 1.82) is 0 Å². The first-order valence-electron chi connectivity index (χ1n) is 8.27. The van der Waals surface area contributed by atoms with Crippen molar-refractivity contribution >= 4 is 17.5 Å². The maximum absolute atomic E-state index is 13.6. The molecule has 0 radical (unpaired) electrons. The Balaban J connectivity index is 1.89. The molecule has 2 aromatic rings. The van der Waals surface area contributed by atoms with Crippen molar-refractivity contribution in [2.75, 3.05) is 19.0 Å². The summed E-state index contributed by atoms with van der Waals surface area (Å²) in [7, 11) is 1.38. The van der Waals surface area contributed by atoms with Crippen molar-refractivity contribution in [3.05, 3.63) is 58.4 Å². The molecule has 0 heterocycles. The molecule has 0 aliphatic rings. The number of hydrogen-bond acceptors (Lipinski definition) is 3. The van der Waals surface area contributed by atoms with E-state index >= 15 is 0 Å². The second-order valence-electron chi connectivity index (χ2n) is 6.24. The van der Waals surface area contributed by atoms with Crippen LogP contribution in [0.5, 0.6) is 5.75 Å². The van der Waals surface area contributed by atoms with Gasteiger partial charge in [0.1, 0.15) is 0 Å². The molecule has 0 aromatic heterocycles. The minimum Gasteiger partial charge on any atom is -0.494 e. The number of aryl methyl sites for hydroxylation is 3. The summed E-state index contributed by atoms with van der Waals surface area (Å²) in [6.45, 7) is 5.69. The van der Waals surface area contributed by atoms with Gasteiger partial charge in [-0.15, -0.1) is 0 Å². The van der Waals surface area contributed by atoms with Gasteiger partial charge < -0.3 is 15.4 Å². The van der Waals surface area contributed by atoms with E-state index in [0.29, 0.717) is 5.56 Å². The smallest absolute Gasteiger partial charge is 0.243 e. The monoisotopic (exact) mass is 358 g/mol. The van der Waals surface area contributed by atoms with E-state index in [-0.39, 0.29) is 30.5 Å². The molecule has 6 heteroatoms. The first kappa shape index (κ1) is 19.4. The molecular weight excluding hydrogens is 335 g/mol. The van der Waals surface area contributed by atoms with Crippen LogP contribution in [-0.2, 0) is 16.0 Å². The van der Waals surface area contributed by atoms with Crippen molar-refractivity contribution in [1.82, 2.24) is 5.32 Å². The van der Waals surface area contributed by atoms with Gasteiger partial charge >= 0.3 is 0 Å². The number of rotatable bonds is 6. The first-order valence-corrected chi connectivity index (χ1v) is 8.27. The fraction of sp³-hybridized carbons (Fsp3) is 0.300. The molecule has 0 aliphatic heterocycles. The lowest BCUT2D eigenvalue weighted by atomic mass is 10.1. The van der Waals surface area contributed by atoms with Crippen molar-refractivity contribution in [3.8, 4) is 5.75 Å². The SMILES string of the molecule is COc1ccc(CC(=O)NCC(=O)Nc2c(C)cc(C)cc2C)cc1F. The van der Waals surface area contributed by atoms with Crippen LogP contribution in [-0.4, -0.2) is 25.5 Å². The highest BCUT2D eigenvalue weighted by atomic mass is 19.1. The molecule has 5 nitrogen and oxygen atoms in total. The van der Waals surface area contributed by atoms with Gasteiger partial charge in [-0.25, -0.2) is 4.39 Å². The minimum atomic E-state index is -0.527. The Morgan fingerprint density at radius 3 is 2.27 bits per heavy atom. The summed E-state index contributed by atoms with van der Waals surface area (Å²) < 4.78 is 18.5. The number of methoxy groups -OCH3 is 1. The van der Waals surface area contributed by atoms with Gasteiger partial charge in [0.2, 0.25) is 11.8 Å². The molecule has 0 unspecified atom stereocenters.